The van der Waals surface area contributed by atoms with Crippen molar-refractivity contribution in [1.82, 2.24) is 20.3 Å². The van der Waals surface area contributed by atoms with Crippen molar-refractivity contribution < 1.29 is 0 Å². The standard InChI is InChI=1S/C11H12BrClN4/c1-2-14-6-8-7-17(16-15-8)10-5-3-4-9(13)11(10)12/h3-5,7,14H,2,6H2,1H3. The van der Waals surface area contributed by atoms with E-state index in [2.05, 4.69) is 38.5 Å². The number of aromatic nitrogens is 3. The summed E-state index contributed by atoms with van der Waals surface area (Å²) < 4.78 is 2.53. The van der Waals surface area contributed by atoms with Crippen molar-refractivity contribution in [2.24, 2.45) is 0 Å². The van der Waals surface area contributed by atoms with Gasteiger partial charge in [0.05, 0.1) is 27.1 Å². The second-order valence-electron chi connectivity index (χ2n) is 3.51. The summed E-state index contributed by atoms with van der Waals surface area (Å²) in [7, 11) is 0. The lowest BCUT2D eigenvalue weighted by Crippen LogP contribution is -2.11. The summed E-state index contributed by atoms with van der Waals surface area (Å²) in [5, 5.41) is 12.0. The van der Waals surface area contributed by atoms with Gasteiger partial charge in [-0.3, -0.25) is 0 Å². The van der Waals surface area contributed by atoms with Crippen LogP contribution in [0.1, 0.15) is 12.6 Å². The first kappa shape index (κ1) is 12.5. The Labute approximate surface area is 113 Å². The predicted octanol–water partition coefficient (Wildman–Crippen LogP) is 2.79. The third-order valence-electron chi connectivity index (χ3n) is 2.27. The minimum Gasteiger partial charge on any atom is -0.311 e. The van der Waals surface area contributed by atoms with Crippen LogP contribution in [0.2, 0.25) is 5.02 Å². The highest BCUT2D eigenvalue weighted by molar-refractivity contribution is 9.10. The van der Waals surface area contributed by atoms with Gasteiger partial charge in [0.1, 0.15) is 0 Å². The number of halogens is 2. The van der Waals surface area contributed by atoms with Crippen LogP contribution in [0.25, 0.3) is 5.69 Å². The third-order valence-corrected chi connectivity index (χ3v) is 3.65. The van der Waals surface area contributed by atoms with E-state index in [1.165, 1.54) is 0 Å². The number of benzene rings is 1. The van der Waals surface area contributed by atoms with Gasteiger partial charge in [0.2, 0.25) is 0 Å². The molecule has 0 spiro atoms. The Morgan fingerprint density at radius 1 is 1.47 bits per heavy atom. The molecule has 90 valence electrons. The highest BCUT2D eigenvalue weighted by atomic mass is 79.9. The van der Waals surface area contributed by atoms with Crippen LogP contribution in [0.4, 0.5) is 0 Å². The Balaban J connectivity index is 2.27. The van der Waals surface area contributed by atoms with Crippen molar-refractivity contribution in [2.75, 3.05) is 6.54 Å². The molecule has 0 unspecified atom stereocenters. The Morgan fingerprint density at radius 3 is 3.06 bits per heavy atom. The van der Waals surface area contributed by atoms with Crippen LogP contribution in [-0.4, -0.2) is 21.5 Å². The summed E-state index contributed by atoms with van der Waals surface area (Å²) in [5.41, 5.74) is 1.78. The van der Waals surface area contributed by atoms with Gasteiger partial charge in [-0.2, -0.15) is 0 Å². The van der Waals surface area contributed by atoms with Gasteiger partial charge in [-0.25, -0.2) is 4.68 Å². The SMILES string of the molecule is CCNCc1cn(-c2cccc(Cl)c2Br)nn1. The van der Waals surface area contributed by atoms with Crippen LogP contribution in [0.5, 0.6) is 0 Å². The maximum atomic E-state index is 6.03. The molecule has 0 aliphatic rings. The Hall–Kier alpha value is -0.910. The highest BCUT2D eigenvalue weighted by Gasteiger charge is 2.08. The average Bonchev–Trinajstić information content (AvgIpc) is 2.78. The zero-order valence-electron chi connectivity index (χ0n) is 9.32. The molecule has 0 aliphatic carbocycles. The van der Waals surface area contributed by atoms with Crippen LogP contribution in [0, 0.1) is 0 Å². The molecule has 1 heterocycles. The number of rotatable bonds is 4. The van der Waals surface area contributed by atoms with Crippen LogP contribution < -0.4 is 5.32 Å². The normalized spacial score (nSPS) is 10.8. The molecule has 0 atom stereocenters. The summed E-state index contributed by atoms with van der Waals surface area (Å²) >= 11 is 9.48. The maximum absolute atomic E-state index is 6.03. The lowest BCUT2D eigenvalue weighted by Gasteiger charge is -2.04. The van der Waals surface area contributed by atoms with Crippen molar-refractivity contribution in [3.8, 4) is 5.69 Å². The molecule has 2 aromatic rings. The largest absolute Gasteiger partial charge is 0.311 e. The molecule has 0 saturated carbocycles. The summed E-state index contributed by atoms with van der Waals surface area (Å²) in [4.78, 5) is 0. The second-order valence-corrected chi connectivity index (χ2v) is 4.71. The summed E-state index contributed by atoms with van der Waals surface area (Å²) in [6, 6.07) is 5.64. The van der Waals surface area contributed by atoms with E-state index in [-0.39, 0.29) is 0 Å². The monoisotopic (exact) mass is 314 g/mol. The van der Waals surface area contributed by atoms with Crippen LogP contribution >= 0.6 is 27.5 Å². The summed E-state index contributed by atoms with van der Waals surface area (Å²) in [6.45, 7) is 3.68. The molecule has 1 N–H and O–H groups in total. The molecule has 0 radical (unpaired) electrons. The quantitative estimate of drug-likeness (QED) is 0.943. The Bertz CT molecular complexity index is 512. The fraction of sp³-hybridized carbons (Fsp3) is 0.273. The van der Waals surface area contributed by atoms with Gasteiger partial charge in [0.15, 0.2) is 0 Å². The molecular weight excluding hydrogens is 304 g/mol. The Morgan fingerprint density at radius 2 is 2.29 bits per heavy atom. The van der Waals surface area contributed by atoms with E-state index in [1.54, 1.807) is 4.68 Å². The summed E-state index contributed by atoms with van der Waals surface area (Å²) in [6.07, 6.45) is 1.89. The van der Waals surface area contributed by atoms with Gasteiger partial charge in [-0.05, 0) is 34.6 Å². The number of hydrogen-bond acceptors (Lipinski definition) is 3. The number of nitrogens with one attached hydrogen (secondary N) is 1. The minimum atomic E-state index is 0.659. The zero-order chi connectivity index (χ0) is 12.3. The zero-order valence-corrected chi connectivity index (χ0v) is 11.7. The summed E-state index contributed by atoms with van der Waals surface area (Å²) in [5.74, 6) is 0. The average molecular weight is 316 g/mol. The minimum absolute atomic E-state index is 0.659. The molecule has 1 aromatic heterocycles. The second kappa shape index (κ2) is 5.62. The van der Waals surface area contributed by atoms with Crippen LogP contribution in [-0.2, 0) is 6.54 Å². The molecule has 0 amide bonds. The molecule has 0 saturated heterocycles. The van der Waals surface area contributed by atoms with E-state index in [0.717, 1.165) is 22.4 Å². The van der Waals surface area contributed by atoms with E-state index in [4.69, 9.17) is 11.6 Å². The molecule has 0 fully saturated rings. The van der Waals surface area contributed by atoms with Gasteiger partial charge in [-0.15, -0.1) is 5.10 Å². The fourth-order valence-electron chi connectivity index (χ4n) is 1.42. The van der Waals surface area contributed by atoms with Crippen molar-refractivity contribution in [1.29, 1.82) is 0 Å². The maximum Gasteiger partial charge on any atom is 0.0969 e. The molecule has 0 aliphatic heterocycles. The van der Waals surface area contributed by atoms with Gasteiger partial charge >= 0.3 is 0 Å². The first-order valence-electron chi connectivity index (χ1n) is 5.28. The first-order chi connectivity index (χ1) is 8.22. The number of nitrogens with zero attached hydrogens (tertiary/aromatic N) is 3. The molecule has 17 heavy (non-hydrogen) atoms. The Kier molecular flexibility index (Phi) is 4.15. The van der Waals surface area contributed by atoms with E-state index in [0.29, 0.717) is 11.6 Å². The topological polar surface area (TPSA) is 42.7 Å². The highest BCUT2D eigenvalue weighted by Crippen LogP contribution is 2.28. The molecule has 6 heteroatoms. The molecular formula is C11H12BrClN4. The number of hydrogen-bond donors (Lipinski definition) is 1. The third kappa shape index (κ3) is 2.86. The van der Waals surface area contributed by atoms with Crippen LogP contribution in [0.3, 0.4) is 0 Å². The van der Waals surface area contributed by atoms with Crippen molar-refractivity contribution in [3.63, 3.8) is 0 Å². The van der Waals surface area contributed by atoms with E-state index in [1.807, 2.05) is 24.4 Å². The van der Waals surface area contributed by atoms with Crippen molar-refractivity contribution in [3.05, 3.63) is 39.6 Å². The molecule has 1 aromatic carbocycles. The van der Waals surface area contributed by atoms with E-state index < -0.39 is 0 Å². The van der Waals surface area contributed by atoms with Gasteiger partial charge < -0.3 is 5.32 Å². The lowest BCUT2D eigenvalue weighted by atomic mass is 10.3. The lowest BCUT2D eigenvalue weighted by molar-refractivity contribution is 0.705. The molecule has 2 rings (SSSR count). The van der Waals surface area contributed by atoms with Gasteiger partial charge in [0.25, 0.3) is 0 Å². The van der Waals surface area contributed by atoms with E-state index in [9.17, 15) is 0 Å². The van der Waals surface area contributed by atoms with Gasteiger partial charge in [-0.1, -0.05) is 29.8 Å². The predicted molar refractivity (Wildman–Crippen MR) is 71.4 cm³/mol. The molecule has 4 nitrogen and oxygen atoms in total. The fourth-order valence-corrected chi connectivity index (χ4v) is 2.04. The molecule has 0 bridgehead atoms. The van der Waals surface area contributed by atoms with Crippen LogP contribution in [0.15, 0.2) is 28.9 Å². The van der Waals surface area contributed by atoms with Crippen molar-refractivity contribution in [2.45, 2.75) is 13.5 Å². The first-order valence-corrected chi connectivity index (χ1v) is 6.45. The smallest absolute Gasteiger partial charge is 0.0969 e. The van der Waals surface area contributed by atoms with E-state index >= 15 is 0 Å². The van der Waals surface area contributed by atoms with Crippen molar-refractivity contribution >= 4 is 27.5 Å². The van der Waals surface area contributed by atoms with Gasteiger partial charge in [0, 0.05) is 6.54 Å².